The number of halogens is 1. The van der Waals surface area contributed by atoms with Gasteiger partial charge in [-0.15, -0.1) is 0 Å². The Balaban J connectivity index is 1.82. The number of Topliss-reactive ketones (excluding diaryl/α,β-unsaturated/α-hetero) is 1. The first-order chi connectivity index (χ1) is 12.1. The van der Waals surface area contributed by atoms with Gasteiger partial charge in [0.15, 0.2) is 5.78 Å². The molecule has 0 atom stereocenters. The second-order valence-electron chi connectivity index (χ2n) is 6.20. The predicted molar refractivity (Wildman–Crippen MR) is 96.6 cm³/mol. The van der Waals surface area contributed by atoms with Crippen molar-refractivity contribution in [3.63, 3.8) is 0 Å². The number of carbonyl (C=O) groups excluding carboxylic acids is 1. The van der Waals surface area contributed by atoms with E-state index in [4.69, 9.17) is 5.26 Å². The Labute approximate surface area is 147 Å². The van der Waals surface area contributed by atoms with Gasteiger partial charge >= 0.3 is 0 Å². The molecule has 2 aromatic carbocycles. The Kier molecular flexibility index (Phi) is 4.99. The molecular weight excluding hydrogens is 317 g/mol. The smallest absolute Gasteiger partial charge is 0.161 e. The first kappa shape index (κ1) is 17.0. The van der Waals surface area contributed by atoms with Gasteiger partial charge in [-0.1, -0.05) is 0 Å². The van der Waals surface area contributed by atoms with E-state index in [1.165, 1.54) is 12.1 Å². The van der Waals surface area contributed by atoms with Crippen molar-refractivity contribution < 1.29 is 9.18 Å². The fraction of sp³-hybridized carbons (Fsp3) is 0.300. The Bertz CT molecular complexity index is 811. The average molecular weight is 337 g/mol. The Morgan fingerprint density at radius 3 is 2.40 bits per heavy atom. The topological polar surface area (TPSA) is 47.3 Å². The number of nitriles is 1. The SMILES string of the molecule is CC(=O)c1ccc(C#N)cc1N1CCCN(c2ccc(F)cc2)CC1. The molecule has 4 nitrogen and oxygen atoms in total. The Hall–Kier alpha value is -2.87. The summed E-state index contributed by atoms with van der Waals surface area (Å²) in [5.41, 5.74) is 3.03. The third-order valence-electron chi connectivity index (χ3n) is 4.53. The summed E-state index contributed by atoms with van der Waals surface area (Å²) in [6.45, 7) is 4.75. The van der Waals surface area contributed by atoms with Crippen LogP contribution < -0.4 is 9.80 Å². The van der Waals surface area contributed by atoms with E-state index in [-0.39, 0.29) is 11.6 Å². The molecule has 5 heteroatoms. The zero-order valence-corrected chi connectivity index (χ0v) is 14.2. The quantitative estimate of drug-likeness (QED) is 0.803. The largest absolute Gasteiger partial charge is 0.370 e. The molecule has 1 heterocycles. The van der Waals surface area contributed by atoms with Crippen molar-refractivity contribution in [2.24, 2.45) is 0 Å². The Morgan fingerprint density at radius 1 is 1.04 bits per heavy atom. The van der Waals surface area contributed by atoms with E-state index in [0.717, 1.165) is 44.0 Å². The molecule has 0 aromatic heterocycles. The average Bonchev–Trinajstić information content (AvgIpc) is 2.88. The van der Waals surface area contributed by atoms with Crippen LogP contribution in [0.3, 0.4) is 0 Å². The predicted octanol–water partition coefficient (Wildman–Crippen LogP) is 3.62. The highest BCUT2D eigenvalue weighted by molar-refractivity contribution is 6.00. The van der Waals surface area contributed by atoms with Crippen LogP contribution in [0.1, 0.15) is 29.3 Å². The summed E-state index contributed by atoms with van der Waals surface area (Å²) in [5, 5.41) is 9.17. The van der Waals surface area contributed by atoms with Gasteiger partial charge < -0.3 is 9.80 Å². The van der Waals surface area contributed by atoms with E-state index in [9.17, 15) is 9.18 Å². The molecular formula is C20H20FN3O. The molecule has 0 spiro atoms. The molecule has 3 rings (SSSR count). The van der Waals surface area contributed by atoms with Crippen LogP contribution >= 0.6 is 0 Å². The van der Waals surface area contributed by atoms with E-state index in [1.54, 1.807) is 37.3 Å². The van der Waals surface area contributed by atoms with E-state index in [0.29, 0.717) is 11.1 Å². The third-order valence-corrected chi connectivity index (χ3v) is 4.53. The van der Waals surface area contributed by atoms with Gasteiger partial charge in [0.05, 0.1) is 11.6 Å². The lowest BCUT2D eigenvalue weighted by Gasteiger charge is -2.26. The van der Waals surface area contributed by atoms with E-state index < -0.39 is 0 Å². The summed E-state index contributed by atoms with van der Waals surface area (Å²) in [4.78, 5) is 16.3. The van der Waals surface area contributed by atoms with Crippen LogP contribution in [0.15, 0.2) is 42.5 Å². The van der Waals surface area contributed by atoms with Gasteiger partial charge in [-0.25, -0.2) is 4.39 Å². The maximum absolute atomic E-state index is 13.1. The highest BCUT2D eigenvalue weighted by atomic mass is 19.1. The first-order valence-electron chi connectivity index (χ1n) is 8.39. The number of ketones is 1. The molecule has 0 amide bonds. The lowest BCUT2D eigenvalue weighted by Crippen LogP contribution is -2.31. The number of nitrogens with zero attached hydrogens (tertiary/aromatic N) is 3. The van der Waals surface area contributed by atoms with E-state index >= 15 is 0 Å². The summed E-state index contributed by atoms with van der Waals surface area (Å²) in [6.07, 6.45) is 0.922. The first-order valence-corrected chi connectivity index (χ1v) is 8.39. The second kappa shape index (κ2) is 7.35. The molecule has 25 heavy (non-hydrogen) atoms. The van der Waals surface area contributed by atoms with Crippen LogP contribution in [0.5, 0.6) is 0 Å². The van der Waals surface area contributed by atoms with Gasteiger partial charge in [0.2, 0.25) is 0 Å². The van der Waals surface area contributed by atoms with Crippen LogP contribution in [0, 0.1) is 17.1 Å². The zero-order chi connectivity index (χ0) is 17.8. The van der Waals surface area contributed by atoms with E-state index in [1.807, 2.05) is 0 Å². The number of benzene rings is 2. The summed E-state index contributed by atoms with van der Waals surface area (Å²) in [5.74, 6) is -0.237. The van der Waals surface area contributed by atoms with Gasteiger partial charge in [-0.05, 0) is 55.8 Å². The molecule has 128 valence electrons. The zero-order valence-electron chi connectivity index (χ0n) is 14.2. The van der Waals surface area contributed by atoms with Gasteiger partial charge in [-0.2, -0.15) is 5.26 Å². The van der Waals surface area contributed by atoms with Crippen molar-refractivity contribution in [2.45, 2.75) is 13.3 Å². The van der Waals surface area contributed by atoms with Gasteiger partial charge in [-0.3, -0.25) is 4.79 Å². The number of carbonyl (C=O) groups is 1. The molecule has 1 aliphatic heterocycles. The fourth-order valence-corrected chi connectivity index (χ4v) is 3.23. The highest BCUT2D eigenvalue weighted by Gasteiger charge is 2.19. The molecule has 1 aliphatic rings. The number of rotatable bonds is 3. The van der Waals surface area contributed by atoms with Gasteiger partial charge in [0.1, 0.15) is 5.82 Å². The van der Waals surface area contributed by atoms with Crippen LogP contribution in [0.4, 0.5) is 15.8 Å². The molecule has 0 bridgehead atoms. The van der Waals surface area contributed by atoms with Crippen molar-refractivity contribution in [1.82, 2.24) is 0 Å². The highest BCUT2D eigenvalue weighted by Crippen LogP contribution is 2.25. The summed E-state index contributed by atoms with van der Waals surface area (Å²) in [7, 11) is 0. The van der Waals surface area contributed by atoms with Crippen LogP contribution in [0.2, 0.25) is 0 Å². The minimum Gasteiger partial charge on any atom is -0.370 e. The third kappa shape index (κ3) is 3.80. The molecule has 0 unspecified atom stereocenters. The minimum atomic E-state index is -0.236. The van der Waals surface area contributed by atoms with Crippen molar-refractivity contribution in [2.75, 3.05) is 36.0 Å². The summed E-state index contributed by atoms with van der Waals surface area (Å²) in [6, 6.07) is 13.9. The number of hydrogen-bond acceptors (Lipinski definition) is 4. The monoisotopic (exact) mass is 337 g/mol. The minimum absolute atomic E-state index is 0.000808. The number of anilines is 2. The van der Waals surface area contributed by atoms with Gasteiger partial charge in [0.25, 0.3) is 0 Å². The molecule has 0 N–H and O–H groups in total. The molecule has 1 fully saturated rings. The molecule has 0 radical (unpaired) electrons. The fourth-order valence-electron chi connectivity index (χ4n) is 3.23. The lowest BCUT2D eigenvalue weighted by molar-refractivity contribution is 0.101. The van der Waals surface area contributed by atoms with Crippen molar-refractivity contribution >= 4 is 17.2 Å². The lowest BCUT2D eigenvalue weighted by atomic mass is 10.1. The second-order valence-corrected chi connectivity index (χ2v) is 6.20. The number of hydrogen-bond donors (Lipinski definition) is 0. The normalized spacial score (nSPS) is 14.8. The van der Waals surface area contributed by atoms with Crippen molar-refractivity contribution in [1.29, 1.82) is 5.26 Å². The maximum atomic E-state index is 13.1. The van der Waals surface area contributed by atoms with Crippen molar-refractivity contribution in [3.8, 4) is 6.07 Å². The summed E-state index contributed by atoms with van der Waals surface area (Å²) >= 11 is 0. The standard InChI is InChI=1S/C20H20FN3O/c1-15(25)19-8-3-16(14-22)13-20(19)24-10-2-9-23(11-12-24)18-6-4-17(21)5-7-18/h3-8,13H,2,9-12H2,1H3. The Morgan fingerprint density at radius 2 is 1.72 bits per heavy atom. The van der Waals surface area contributed by atoms with Crippen molar-refractivity contribution in [3.05, 3.63) is 59.4 Å². The van der Waals surface area contributed by atoms with Crippen LogP contribution in [-0.2, 0) is 0 Å². The molecule has 1 saturated heterocycles. The molecule has 0 aliphatic carbocycles. The van der Waals surface area contributed by atoms with Crippen LogP contribution in [-0.4, -0.2) is 32.0 Å². The van der Waals surface area contributed by atoms with E-state index in [2.05, 4.69) is 15.9 Å². The molecule has 0 saturated carbocycles. The summed E-state index contributed by atoms with van der Waals surface area (Å²) < 4.78 is 13.1. The van der Waals surface area contributed by atoms with Crippen LogP contribution in [0.25, 0.3) is 0 Å². The maximum Gasteiger partial charge on any atom is 0.161 e. The molecule has 2 aromatic rings. The van der Waals surface area contributed by atoms with Gasteiger partial charge in [0, 0.05) is 43.1 Å².